The Balaban J connectivity index is 1.62. The predicted octanol–water partition coefficient (Wildman–Crippen LogP) is 1.75. The molecule has 0 bridgehead atoms. The lowest BCUT2D eigenvalue weighted by Gasteiger charge is -2.11. The Bertz CT molecular complexity index is 462. The number of para-hydroxylation sites is 1. The minimum Gasteiger partial charge on any atom is -0.488 e. The van der Waals surface area contributed by atoms with Crippen molar-refractivity contribution in [3.05, 3.63) is 29.8 Å². The summed E-state index contributed by atoms with van der Waals surface area (Å²) in [6.45, 7) is 0.493. The van der Waals surface area contributed by atoms with Crippen LogP contribution in [0.1, 0.15) is 31.2 Å². The highest BCUT2D eigenvalue weighted by molar-refractivity contribution is 5.76. The number of aliphatic carboxylic acids is 1. The number of carbonyl (C=O) groups is 2. The molecule has 0 fully saturated rings. The number of carboxylic acid groups (broad SMARTS) is 1. The average molecular weight is 277 g/mol. The molecule has 0 aliphatic carbocycles. The molecular formula is C15H19NO4. The van der Waals surface area contributed by atoms with Crippen molar-refractivity contribution in [1.29, 1.82) is 0 Å². The molecule has 1 atom stereocenters. The topological polar surface area (TPSA) is 75.6 Å². The van der Waals surface area contributed by atoms with E-state index in [0.29, 0.717) is 25.8 Å². The molecule has 108 valence electrons. The number of hydrogen-bond donors (Lipinski definition) is 2. The fraction of sp³-hybridized carbons (Fsp3) is 0.467. The first-order chi connectivity index (χ1) is 9.65. The summed E-state index contributed by atoms with van der Waals surface area (Å²) in [6.07, 6.45) is 2.43. The largest absolute Gasteiger partial charge is 0.488 e. The minimum absolute atomic E-state index is 0.00429. The summed E-state index contributed by atoms with van der Waals surface area (Å²) in [7, 11) is 0. The van der Waals surface area contributed by atoms with Crippen molar-refractivity contribution in [2.45, 2.75) is 38.2 Å². The second-order valence-electron chi connectivity index (χ2n) is 4.96. The monoisotopic (exact) mass is 277 g/mol. The highest BCUT2D eigenvalue weighted by atomic mass is 16.5. The second-order valence-corrected chi connectivity index (χ2v) is 4.96. The summed E-state index contributed by atoms with van der Waals surface area (Å²) in [5.74, 6) is 0.0330. The van der Waals surface area contributed by atoms with Crippen molar-refractivity contribution in [2.75, 3.05) is 6.54 Å². The summed E-state index contributed by atoms with van der Waals surface area (Å²) in [5, 5.41) is 11.3. The Labute approximate surface area is 117 Å². The van der Waals surface area contributed by atoms with E-state index in [-0.39, 0.29) is 18.4 Å². The third kappa shape index (κ3) is 4.26. The lowest BCUT2D eigenvalue weighted by molar-refractivity contribution is -0.137. The molecule has 1 amide bonds. The zero-order valence-electron chi connectivity index (χ0n) is 11.3. The van der Waals surface area contributed by atoms with Crippen molar-refractivity contribution < 1.29 is 19.4 Å². The van der Waals surface area contributed by atoms with Gasteiger partial charge in [-0.15, -0.1) is 0 Å². The number of hydrogen-bond acceptors (Lipinski definition) is 3. The van der Waals surface area contributed by atoms with E-state index < -0.39 is 5.97 Å². The van der Waals surface area contributed by atoms with Crippen LogP contribution >= 0.6 is 0 Å². The molecule has 0 radical (unpaired) electrons. The van der Waals surface area contributed by atoms with Crippen LogP contribution in [0, 0.1) is 0 Å². The van der Waals surface area contributed by atoms with Gasteiger partial charge in [-0.3, -0.25) is 9.59 Å². The molecular weight excluding hydrogens is 258 g/mol. The summed E-state index contributed by atoms with van der Waals surface area (Å²) < 4.78 is 5.72. The van der Waals surface area contributed by atoms with Crippen molar-refractivity contribution in [1.82, 2.24) is 5.32 Å². The highest BCUT2D eigenvalue weighted by Gasteiger charge is 2.22. The zero-order valence-corrected chi connectivity index (χ0v) is 11.3. The van der Waals surface area contributed by atoms with Gasteiger partial charge < -0.3 is 15.2 Å². The molecule has 1 heterocycles. The van der Waals surface area contributed by atoms with Gasteiger partial charge in [0.05, 0.1) is 6.54 Å². The summed E-state index contributed by atoms with van der Waals surface area (Å²) in [4.78, 5) is 21.9. The van der Waals surface area contributed by atoms with Crippen LogP contribution in [0.15, 0.2) is 24.3 Å². The Morgan fingerprint density at radius 1 is 1.25 bits per heavy atom. The van der Waals surface area contributed by atoms with E-state index in [9.17, 15) is 9.59 Å². The Hall–Kier alpha value is -2.04. The molecule has 0 saturated carbocycles. The molecule has 20 heavy (non-hydrogen) atoms. The van der Waals surface area contributed by atoms with Crippen LogP contribution < -0.4 is 10.1 Å². The molecule has 2 N–H and O–H groups in total. The van der Waals surface area contributed by atoms with Gasteiger partial charge in [0.2, 0.25) is 5.91 Å². The minimum atomic E-state index is -0.817. The third-order valence-electron chi connectivity index (χ3n) is 3.29. The van der Waals surface area contributed by atoms with Crippen LogP contribution in [0.4, 0.5) is 0 Å². The van der Waals surface area contributed by atoms with Gasteiger partial charge in [0.15, 0.2) is 0 Å². The number of carboxylic acids is 1. The van der Waals surface area contributed by atoms with Crippen molar-refractivity contribution in [3.8, 4) is 5.75 Å². The van der Waals surface area contributed by atoms with Gasteiger partial charge >= 0.3 is 5.97 Å². The summed E-state index contributed by atoms with van der Waals surface area (Å²) >= 11 is 0. The van der Waals surface area contributed by atoms with E-state index in [1.807, 2.05) is 24.3 Å². The number of unbranched alkanes of at least 4 members (excludes halogenated alkanes) is 1. The molecule has 5 nitrogen and oxygen atoms in total. The van der Waals surface area contributed by atoms with E-state index in [4.69, 9.17) is 9.84 Å². The molecule has 1 aliphatic heterocycles. The SMILES string of the molecule is O=C(O)CCCCC(=O)NCC1Cc2ccccc2O1. The standard InChI is InChI=1S/C15H19NO4/c17-14(7-3-4-8-15(18)19)16-10-12-9-11-5-1-2-6-13(11)20-12/h1-2,5-6,12H,3-4,7-10H2,(H,16,17)(H,18,19). The zero-order chi connectivity index (χ0) is 14.4. The normalized spacial score (nSPS) is 16.3. The molecule has 1 aromatic carbocycles. The van der Waals surface area contributed by atoms with Crippen LogP contribution in [0.5, 0.6) is 5.75 Å². The maximum absolute atomic E-state index is 11.6. The maximum atomic E-state index is 11.6. The average Bonchev–Trinajstić information content (AvgIpc) is 2.84. The van der Waals surface area contributed by atoms with Crippen LogP contribution in [-0.4, -0.2) is 29.6 Å². The van der Waals surface area contributed by atoms with Gasteiger partial charge in [0.25, 0.3) is 0 Å². The number of benzene rings is 1. The Morgan fingerprint density at radius 2 is 2.00 bits per heavy atom. The number of amides is 1. The second kappa shape index (κ2) is 6.93. The van der Waals surface area contributed by atoms with Crippen molar-refractivity contribution in [2.24, 2.45) is 0 Å². The van der Waals surface area contributed by atoms with Crippen molar-refractivity contribution >= 4 is 11.9 Å². The molecule has 0 saturated heterocycles. The van der Waals surface area contributed by atoms with Gasteiger partial charge in [-0.25, -0.2) is 0 Å². The predicted molar refractivity (Wildman–Crippen MR) is 73.7 cm³/mol. The van der Waals surface area contributed by atoms with Gasteiger partial charge in [-0.2, -0.15) is 0 Å². The van der Waals surface area contributed by atoms with Crippen LogP contribution in [0.3, 0.4) is 0 Å². The summed E-state index contributed by atoms with van der Waals surface area (Å²) in [6, 6.07) is 7.87. The Kier molecular flexibility index (Phi) is 4.98. The quantitative estimate of drug-likeness (QED) is 0.744. The molecule has 2 rings (SSSR count). The van der Waals surface area contributed by atoms with Crippen molar-refractivity contribution in [3.63, 3.8) is 0 Å². The fourth-order valence-electron chi connectivity index (χ4n) is 2.25. The van der Waals surface area contributed by atoms with E-state index in [2.05, 4.69) is 5.32 Å². The third-order valence-corrected chi connectivity index (χ3v) is 3.29. The lowest BCUT2D eigenvalue weighted by Crippen LogP contribution is -2.34. The highest BCUT2D eigenvalue weighted by Crippen LogP contribution is 2.27. The lowest BCUT2D eigenvalue weighted by atomic mass is 10.1. The molecule has 1 aliphatic rings. The van der Waals surface area contributed by atoms with E-state index >= 15 is 0 Å². The number of nitrogens with one attached hydrogen (secondary N) is 1. The van der Waals surface area contributed by atoms with Crippen LogP contribution in [-0.2, 0) is 16.0 Å². The number of rotatable bonds is 7. The van der Waals surface area contributed by atoms with E-state index in [1.54, 1.807) is 0 Å². The summed E-state index contributed by atoms with van der Waals surface area (Å²) in [5.41, 5.74) is 1.17. The van der Waals surface area contributed by atoms with Gasteiger partial charge in [-0.05, 0) is 24.5 Å². The van der Waals surface area contributed by atoms with E-state index in [1.165, 1.54) is 5.56 Å². The molecule has 0 spiro atoms. The van der Waals surface area contributed by atoms with Crippen LogP contribution in [0.25, 0.3) is 0 Å². The maximum Gasteiger partial charge on any atom is 0.303 e. The van der Waals surface area contributed by atoms with E-state index in [0.717, 1.165) is 12.2 Å². The number of fused-ring (bicyclic) bond motifs is 1. The van der Waals surface area contributed by atoms with Crippen LogP contribution in [0.2, 0.25) is 0 Å². The first-order valence-electron chi connectivity index (χ1n) is 6.88. The smallest absolute Gasteiger partial charge is 0.303 e. The fourth-order valence-corrected chi connectivity index (χ4v) is 2.25. The first kappa shape index (κ1) is 14.4. The molecule has 0 aromatic heterocycles. The Morgan fingerprint density at radius 3 is 2.75 bits per heavy atom. The first-order valence-corrected chi connectivity index (χ1v) is 6.88. The molecule has 5 heteroatoms. The molecule has 1 unspecified atom stereocenters. The molecule has 1 aromatic rings. The van der Waals surface area contributed by atoms with Gasteiger partial charge in [0.1, 0.15) is 11.9 Å². The van der Waals surface area contributed by atoms with Gasteiger partial charge in [0, 0.05) is 19.3 Å². The number of carbonyl (C=O) groups excluding carboxylic acids is 1. The number of ether oxygens (including phenoxy) is 1. The van der Waals surface area contributed by atoms with Gasteiger partial charge in [-0.1, -0.05) is 18.2 Å².